The van der Waals surface area contributed by atoms with Gasteiger partial charge >= 0.3 is 208 Å². The molecule has 190 valence electrons. The largest absolute Gasteiger partial charge is 1.00 e. The molecule has 8 atom stereocenters. The zero-order valence-corrected chi connectivity index (χ0v) is 27.8. The first kappa shape index (κ1) is 30.9. The Bertz CT molecular complexity index is 797. The molecule has 0 spiro atoms. The first-order valence-corrected chi connectivity index (χ1v) is 22.6. The number of halogens is 2. The van der Waals surface area contributed by atoms with E-state index in [0.29, 0.717) is 0 Å². The number of fused-ring (bicyclic) bond motifs is 2. The van der Waals surface area contributed by atoms with E-state index in [0.717, 1.165) is 54.6 Å². The molecule has 0 amide bonds. The third kappa shape index (κ3) is 5.87. The average molecular weight is 599 g/mol. The molecule has 8 unspecified atom stereocenters. The maximum Gasteiger partial charge on any atom is -1.00 e. The van der Waals surface area contributed by atoms with Crippen molar-refractivity contribution < 1.29 is 45.2 Å². The van der Waals surface area contributed by atoms with Gasteiger partial charge in [0.2, 0.25) is 0 Å². The molecular formula is C30H48Cl2SiZr. The maximum atomic E-state index is 2.72. The van der Waals surface area contributed by atoms with Crippen LogP contribution in [0.25, 0.3) is 0 Å². The molecule has 4 aliphatic rings. The minimum Gasteiger partial charge on any atom is -1.00 e. The van der Waals surface area contributed by atoms with Gasteiger partial charge in [-0.2, -0.15) is 0 Å². The molecule has 0 saturated heterocycles. The van der Waals surface area contributed by atoms with Gasteiger partial charge in [-0.1, -0.05) is 0 Å². The van der Waals surface area contributed by atoms with Crippen LogP contribution in [-0.4, -0.2) is 5.43 Å². The van der Waals surface area contributed by atoms with Crippen LogP contribution < -0.4 is 24.8 Å². The van der Waals surface area contributed by atoms with Crippen LogP contribution in [0.5, 0.6) is 0 Å². The van der Waals surface area contributed by atoms with Crippen molar-refractivity contribution >= 4 is 5.43 Å². The third-order valence-corrected chi connectivity index (χ3v) is 30.7. The summed E-state index contributed by atoms with van der Waals surface area (Å²) in [7, 11) is 0. The summed E-state index contributed by atoms with van der Waals surface area (Å²) in [5.74, 6) is 6.88. The number of hydrogen-bond donors (Lipinski definition) is 0. The summed E-state index contributed by atoms with van der Waals surface area (Å²) in [4.78, 5) is 0. The predicted octanol–water partition coefficient (Wildman–Crippen LogP) is 3.07. The van der Waals surface area contributed by atoms with Crippen LogP contribution in [0.15, 0.2) is 47.6 Å². The summed E-state index contributed by atoms with van der Waals surface area (Å²) < 4.78 is 1.99. The van der Waals surface area contributed by atoms with Crippen LogP contribution in [0.1, 0.15) is 67.2 Å². The molecule has 0 aromatic heterocycles. The zero-order chi connectivity index (χ0) is 23.2. The summed E-state index contributed by atoms with van der Waals surface area (Å²) in [5, 5.41) is 0. The Kier molecular flexibility index (Phi) is 11.7. The second-order valence-corrected chi connectivity index (χ2v) is 30.6. The van der Waals surface area contributed by atoms with Crippen LogP contribution in [-0.2, 0) is 20.4 Å². The fourth-order valence-electron chi connectivity index (χ4n) is 8.18. The van der Waals surface area contributed by atoms with Crippen molar-refractivity contribution in [2.75, 3.05) is 0 Å². The van der Waals surface area contributed by atoms with Gasteiger partial charge in [-0.05, 0) is 0 Å². The number of allylic oxidation sites excluding steroid dienone is 8. The van der Waals surface area contributed by atoms with Gasteiger partial charge < -0.3 is 24.8 Å². The van der Waals surface area contributed by atoms with E-state index in [4.69, 9.17) is 0 Å². The van der Waals surface area contributed by atoms with E-state index in [2.05, 4.69) is 91.1 Å². The summed E-state index contributed by atoms with van der Waals surface area (Å²) >= 11 is -1.74. The van der Waals surface area contributed by atoms with E-state index in [-0.39, 0.29) is 30.2 Å². The fourth-order valence-corrected chi connectivity index (χ4v) is 31.9. The first-order chi connectivity index (χ1) is 15.2. The van der Waals surface area contributed by atoms with Gasteiger partial charge in [0.25, 0.3) is 0 Å². The molecule has 4 aliphatic carbocycles. The van der Waals surface area contributed by atoms with Crippen molar-refractivity contribution in [3.8, 4) is 0 Å². The van der Waals surface area contributed by atoms with Gasteiger partial charge in [0.1, 0.15) is 0 Å². The fraction of sp³-hybridized carbons (Fsp3) is 0.733. The van der Waals surface area contributed by atoms with Crippen LogP contribution in [0.2, 0.25) is 20.3 Å². The predicted molar refractivity (Wildman–Crippen MR) is 140 cm³/mol. The molecular weight excluding hydrogens is 551 g/mol. The normalized spacial score (nSPS) is 36.3. The Hall–Kier alpha value is 0.640. The van der Waals surface area contributed by atoms with Gasteiger partial charge in [-0.15, -0.1) is 0 Å². The Balaban J connectivity index is 0.00000204. The molecule has 0 radical (unpaired) electrons. The Morgan fingerprint density at radius 3 is 1.44 bits per heavy atom. The Labute approximate surface area is 231 Å². The number of hydrogen-bond acceptors (Lipinski definition) is 0. The van der Waals surface area contributed by atoms with E-state index in [1.54, 1.807) is 0 Å². The van der Waals surface area contributed by atoms with Gasteiger partial charge in [-0.3, -0.25) is 0 Å². The maximum absolute atomic E-state index is 2.72. The summed E-state index contributed by atoms with van der Waals surface area (Å²) in [5.41, 5.74) is 3.64. The minimum atomic E-state index is -1.74. The van der Waals surface area contributed by atoms with Crippen LogP contribution in [0, 0.1) is 47.3 Å². The van der Waals surface area contributed by atoms with E-state index < -0.39 is 20.4 Å². The summed E-state index contributed by atoms with van der Waals surface area (Å²) in [6.07, 6.45) is 20.7. The molecule has 2 fully saturated rings. The summed E-state index contributed by atoms with van der Waals surface area (Å²) in [6.45, 7) is 20.7. The second kappa shape index (κ2) is 12.9. The van der Waals surface area contributed by atoms with Crippen molar-refractivity contribution in [2.24, 2.45) is 47.3 Å². The van der Waals surface area contributed by atoms with Crippen LogP contribution >= 0.6 is 0 Å². The van der Waals surface area contributed by atoms with Crippen molar-refractivity contribution in [1.29, 1.82) is 0 Å². The Morgan fingerprint density at radius 1 is 0.735 bits per heavy atom. The smallest absolute Gasteiger partial charge is 1.00 e. The van der Waals surface area contributed by atoms with Crippen molar-refractivity contribution in [3.05, 3.63) is 47.6 Å². The van der Waals surface area contributed by atoms with Crippen molar-refractivity contribution in [1.82, 2.24) is 0 Å². The zero-order valence-electron chi connectivity index (χ0n) is 22.8. The van der Waals surface area contributed by atoms with Crippen molar-refractivity contribution in [2.45, 2.75) is 87.6 Å². The third-order valence-electron chi connectivity index (χ3n) is 9.62. The molecule has 4 heteroatoms. The minimum absolute atomic E-state index is 0. The molecule has 0 aromatic rings. The SMILES string of the molecule is CC(C)C1CC=CC=C2C1CC(C)[CH]2[Zr+2]([CH]1C2=CC=CCC(C(C)C)C2CC1C)=[Si](C)C.[Cl-].[Cl-]. The monoisotopic (exact) mass is 596 g/mol. The first-order valence-electron chi connectivity index (χ1n) is 13.6. The van der Waals surface area contributed by atoms with Crippen molar-refractivity contribution in [3.63, 3.8) is 0 Å². The van der Waals surface area contributed by atoms with E-state index in [9.17, 15) is 0 Å². The molecule has 0 aromatic carbocycles. The average Bonchev–Trinajstić information content (AvgIpc) is 3.00. The second-order valence-electron chi connectivity index (χ2n) is 12.5. The van der Waals surface area contributed by atoms with Crippen LogP contribution in [0.3, 0.4) is 0 Å². The molecule has 0 heterocycles. The Morgan fingerprint density at radius 2 is 1.12 bits per heavy atom. The van der Waals surface area contributed by atoms with Crippen LogP contribution in [0.4, 0.5) is 0 Å². The standard InChI is InChI=1S/2C14H21.C2H6Si.2ClH.Zr/c2*1-10(2)13-7-5-4-6-12-8-11(3)9-14(12)13;1-3-2;;;/h2*4-6,8,10-11,13-14H,7,9H2,1-3H3;1-2H3;2*1H;/q;;;;;+2/p-2. The molecule has 0 aliphatic heterocycles. The molecule has 2 saturated carbocycles. The van der Waals surface area contributed by atoms with Gasteiger partial charge in [-0.25, -0.2) is 0 Å². The molecule has 4 rings (SSSR count). The summed E-state index contributed by atoms with van der Waals surface area (Å²) in [6, 6.07) is 0. The van der Waals surface area contributed by atoms with E-state index >= 15 is 0 Å². The van der Waals surface area contributed by atoms with Gasteiger partial charge in [0.05, 0.1) is 0 Å². The quantitative estimate of drug-likeness (QED) is 0.437. The molecule has 0 bridgehead atoms. The van der Waals surface area contributed by atoms with Gasteiger partial charge in [0, 0.05) is 0 Å². The molecule has 0 nitrogen and oxygen atoms in total. The molecule has 0 N–H and O–H groups in total. The van der Waals surface area contributed by atoms with E-state index in [1.807, 2.05) is 11.1 Å². The number of rotatable bonds is 4. The topological polar surface area (TPSA) is 0 Å². The molecule has 34 heavy (non-hydrogen) atoms. The van der Waals surface area contributed by atoms with Gasteiger partial charge in [0.15, 0.2) is 0 Å². The van der Waals surface area contributed by atoms with E-state index in [1.165, 1.54) is 25.7 Å².